The summed E-state index contributed by atoms with van der Waals surface area (Å²) in [6, 6.07) is 8.29. The van der Waals surface area contributed by atoms with Crippen LogP contribution in [0.1, 0.15) is 13.3 Å². The number of nitrogens with one attached hydrogen (secondary N) is 1. The largest absolute Gasteiger partial charge is 0.382 e. The van der Waals surface area contributed by atoms with Gasteiger partial charge in [0, 0.05) is 27.1 Å². The Hall–Kier alpha value is -1.62. The summed E-state index contributed by atoms with van der Waals surface area (Å²) in [5, 5.41) is 3.39. The Kier molecular flexibility index (Phi) is 4.56. The molecule has 1 aromatic carbocycles. The Morgan fingerprint density at radius 2 is 2.00 bits per heavy atom. The Morgan fingerprint density at radius 3 is 2.67 bits per heavy atom. The van der Waals surface area contributed by atoms with Crippen LogP contribution in [0, 0.1) is 11.8 Å². The Morgan fingerprint density at radius 1 is 1.27 bits per heavy atom. The van der Waals surface area contributed by atoms with Crippen molar-refractivity contribution in [3.05, 3.63) is 24.3 Å². The third-order valence-corrected chi connectivity index (χ3v) is 2.13. The van der Waals surface area contributed by atoms with Crippen molar-refractivity contribution in [2.75, 3.05) is 30.9 Å². The number of anilines is 2. The van der Waals surface area contributed by atoms with Gasteiger partial charge in [-0.3, -0.25) is 0 Å². The molecule has 2 heteroatoms. The Labute approximate surface area is 92.3 Å². The molecule has 0 saturated heterocycles. The predicted molar refractivity (Wildman–Crippen MR) is 67.3 cm³/mol. The average molecular weight is 202 g/mol. The van der Waals surface area contributed by atoms with Crippen molar-refractivity contribution in [3.63, 3.8) is 0 Å². The lowest BCUT2D eigenvalue weighted by atomic mass is 10.2. The molecule has 1 N–H and O–H groups in total. The molecule has 0 radical (unpaired) electrons. The van der Waals surface area contributed by atoms with Crippen LogP contribution in [0.2, 0.25) is 0 Å². The van der Waals surface area contributed by atoms with E-state index in [1.807, 2.05) is 33.2 Å². The van der Waals surface area contributed by atoms with E-state index in [1.165, 1.54) is 11.4 Å². The van der Waals surface area contributed by atoms with Gasteiger partial charge in [0.2, 0.25) is 0 Å². The van der Waals surface area contributed by atoms with Gasteiger partial charge in [-0.2, -0.15) is 0 Å². The van der Waals surface area contributed by atoms with Gasteiger partial charge in [-0.1, -0.05) is 12.1 Å². The number of nitrogens with zero attached hydrogens (tertiary/aromatic N) is 1. The normalized spacial score (nSPS) is 9.00. The summed E-state index contributed by atoms with van der Waals surface area (Å²) < 4.78 is 0. The van der Waals surface area contributed by atoms with Crippen LogP contribution in [-0.4, -0.2) is 20.6 Å². The quantitative estimate of drug-likeness (QED) is 0.596. The molecule has 0 saturated carbocycles. The van der Waals surface area contributed by atoms with E-state index in [1.54, 1.807) is 0 Å². The molecule has 0 fully saturated rings. The molecule has 1 aromatic rings. The Bertz CT molecular complexity index is 358. The highest BCUT2D eigenvalue weighted by molar-refractivity contribution is 5.69. The summed E-state index contributed by atoms with van der Waals surface area (Å²) >= 11 is 0. The van der Waals surface area contributed by atoms with Crippen molar-refractivity contribution in [2.24, 2.45) is 0 Å². The molecular formula is C13H18N2. The lowest BCUT2D eigenvalue weighted by Crippen LogP contribution is -2.12. The van der Waals surface area contributed by atoms with Gasteiger partial charge in [-0.15, -0.1) is 11.8 Å². The molecule has 0 aliphatic rings. The maximum Gasteiger partial charge on any atom is 0.0596 e. The number of rotatable bonds is 4. The summed E-state index contributed by atoms with van der Waals surface area (Å²) in [6.45, 7) is 2.76. The van der Waals surface area contributed by atoms with Crippen LogP contribution < -0.4 is 10.2 Å². The van der Waals surface area contributed by atoms with E-state index in [4.69, 9.17) is 0 Å². The predicted octanol–water partition coefficient (Wildman–Crippen LogP) is 2.58. The first-order chi connectivity index (χ1) is 7.25. The van der Waals surface area contributed by atoms with Gasteiger partial charge in [0.15, 0.2) is 0 Å². The maximum atomic E-state index is 3.39. The molecule has 0 aromatic heterocycles. The molecule has 0 aliphatic heterocycles. The first-order valence-electron chi connectivity index (χ1n) is 5.15. The summed E-state index contributed by atoms with van der Waals surface area (Å²) in [4.78, 5) is 2.10. The topological polar surface area (TPSA) is 15.3 Å². The highest BCUT2D eigenvalue weighted by Gasteiger charge is 2.01. The second-order valence-electron chi connectivity index (χ2n) is 3.52. The summed E-state index contributed by atoms with van der Waals surface area (Å²) in [5.74, 6) is 5.93. The SMILES string of the molecule is CC#CCCNc1ccccc1N(C)C. The third-order valence-electron chi connectivity index (χ3n) is 2.13. The molecular weight excluding hydrogens is 184 g/mol. The average Bonchev–Trinajstić information content (AvgIpc) is 2.25. The van der Waals surface area contributed by atoms with E-state index in [9.17, 15) is 0 Å². The minimum atomic E-state index is 0.887. The zero-order chi connectivity index (χ0) is 11.1. The van der Waals surface area contributed by atoms with Gasteiger partial charge in [0.1, 0.15) is 0 Å². The molecule has 80 valence electrons. The lowest BCUT2D eigenvalue weighted by Gasteiger charge is -2.17. The molecule has 1 rings (SSSR count). The van der Waals surface area contributed by atoms with E-state index in [0.29, 0.717) is 0 Å². The standard InChI is InChI=1S/C13H18N2/c1-4-5-8-11-14-12-9-6-7-10-13(12)15(2)3/h6-7,9-10,14H,8,11H2,1-3H3. The van der Waals surface area contributed by atoms with Crippen LogP contribution in [0.3, 0.4) is 0 Å². The second kappa shape index (κ2) is 5.98. The van der Waals surface area contributed by atoms with Crippen molar-refractivity contribution in [1.82, 2.24) is 0 Å². The van der Waals surface area contributed by atoms with E-state index in [-0.39, 0.29) is 0 Å². The highest BCUT2D eigenvalue weighted by atomic mass is 15.1. The summed E-state index contributed by atoms with van der Waals surface area (Å²) in [5.41, 5.74) is 2.38. The smallest absolute Gasteiger partial charge is 0.0596 e. The molecule has 0 aliphatic carbocycles. The van der Waals surface area contributed by atoms with Gasteiger partial charge in [-0.05, 0) is 19.1 Å². The number of para-hydroxylation sites is 2. The molecule has 0 atom stereocenters. The molecule has 0 heterocycles. The van der Waals surface area contributed by atoms with Crippen molar-refractivity contribution in [1.29, 1.82) is 0 Å². The third kappa shape index (κ3) is 3.55. The van der Waals surface area contributed by atoms with E-state index in [0.717, 1.165) is 13.0 Å². The first kappa shape index (κ1) is 11.5. The zero-order valence-corrected chi connectivity index (χ0v) is 9.67. The molecule has 0 bridgehead atoms. The van der Waals surface area contributed by atoms with Gasteiger partial charge in [-0.25, -0.2) is 0 Å². The van der Waals surface area contributed by atoms with E-state index < -0.39 is 0 Å². The van der Waals surface area contributed by atoms with Crippen molar-refractivity contribution < 1.29 is 0 Å². The van der Waals surface area contributed by atoms with Crippen LogP contribution in [-0.2, 0) is 0 Å². The fourth-order valence-electron chi connectivity index (χ4n) is 1.40. The van der Waals surface area contributed by atoms with Gasteiger partial charge in [0.25, 0.3) is 0 Å². The maximum absolute atomic E-state index is 3.39. The molecule has 0 amide bonds. The van der Waals surface area contributed by atoms with Crippen LogP contribution in [0.15, 0.2) is 24.3 Å². The van der Waals surface area contributed by atoms with Crippen molar-refractivity contribution in [2.45, 2.75) is 13.3 Å². The van der Waals surface area contributed by atoms with Crippen molar-refractivity contribution in [3.8, 4) is 11.8 Å². The summed E-state index contributed by atoms with van der Waals surface area (Å²) in [6.07, 6.45) is 0.887. The number of hydrogen-bond donors (Lipinski definition) is 1. The molecule has 0 spiro atoms. The van der Waals surface area contributed by atoms with Gasteiger partial charge >= 0.3 is 0 Å². The van der Waals surface area contributed by atoms with Crippen LogP contribution in [0.4, 0.5) is 11.4 Å². The first-order valence-corrected chi connectivity index (χ1v) is 5.15. The number of hydrogen-bond acceptors (Lipinski definition) is 2. The zero-order valence-electron chi connectivity index (χ0n) is 9.67. The number of benzene rings is 1. The van der Waals surface area contributed by atoms with E-state index in [2.05, 4.69) is 34.2 Å². The fraction of sp³-hybridized carbons (Fsp3) is 0.385. The minimum absolute atomic E-state index is 0.887. The van der Waals surface area contributed by atoms with Gasteiger partial charge in [0.05, 0.1) is 11.4 Å². The molecule has 15 heavy (non-hydrogen) atoms. The lowest BCUT2D eigenvalue weighted by molar-refractivity contribution is 1.08. The summed E-state index contributed by atoms with van der Waals surface area (Å²) in [7, 11) is 4.10. The molecule has 2 nitrogen and oxygen atoms in total. The van der Waals surface area contributed by atoms with Crippen LogP contribution in [0.25, 0.3) is 0 Å². The molecule has 0 unspecified atom stereocenters. The second-order valence-corrected chi connectivity index (χ2v) is 3.52. The van der Waals surface area contributed by atoms with Crippen LogP contribution in [0.5, 0.6) is 0 Å². The monoisotopic (exact) mass is 202 g/mol. The van der Waals surface area contributed by atoms with Gasteiger partial charge < -0.3 is 10.2 Å². The Balaban J connectivity index is 2.62. The van der Waals surface area contributed by atoms with Crippen molar-refractivity contribution >= 4 is 11.4 Å². The minimum Gasteiger partial charge on any atom is -0.382 e. The van der Waals surface area contributed by atoms with Crippen LogP contribution >= 0.6 is 0 Å². The highest BCUT2D eigenvalue weighted by Crippen LogP contribution is 2.22. The fourth-order valence-corrected chi connectivity index (χ4v) is 1.40. The van der Waals surface area contributed by atoms with E-state index >= 15 is 0 Å².